The van der Waals surface area contributed by atoms with Crippen molar-refractivity contribution >= 4 is 0 Å². The summed E-state index contributed by atoms with van der Waals surface area (Å²) < 4.78 is 34.8. The summed E-state index contributed by atoms with van der Waals surface area (Å²) in [4.78, 5) is 0. The predicted octanol–water partition coefficient (Wildman–Crippen LogP) is 0.320. The molecular weight excluding hydrogens is 268 g/mol. The van der Waals surface area contributed by atoms with Crippen molar-refractivity contribution in [3.05, 3.63) is 0 Å². The van der Waals surface area contributed by atoms with Gasteiger partial charge < -0.3 is 33.2 Å². The van der Waals surface area contributed by atoms with Crippen molar-refractivity contribution in [2.75, 3.05) is 87.1 Å². The summed E-state index contributed by atoms with van der Waals surface area (Å²) in [5.74, 6) is 0. The number of ether oxygens (including phenoxy) is 7. The van der Waals surface area contributed by atoms with Gasteiger partial charge in [0.2, 0.25) is 0 Å². The van der Waals surface area contributed by atoms with E-state index in [9.17, 15) is 0 Å². The summed E-state index contributed by atoms with van der Waals surface area (Å²) in [7, 11) is 3.30. The van der Waals surface area contributed by atoms with Gasteiger partial charge in [-0.15, -0.1) is 0 Å². The van der Waals surface area contributed by atoms with E-state index in [0.717, 1.165) is 13.2 Å². The maximum absolute atomic E-state index is 5.26. The zero-order valence-corrected chi connectivity index (χ0v) is 12.6. The van der Waals surface area contributed by atoms with E-state index < -0.39 is 0 Å². The van der Waals surface area contributed by atoms with Crippen LogP contribution in [0, 0.1) is 0 Å². The Morgan fingerprint density at radius 1 is 0.600 bits per heavy atom. The van der Waals surface area contributed by atoms with Crippen molar-refractivity contribution < 1.29 is 33.2 Å². The third-order valence-corrected chi connectivity index (χ3v) is 2.15. The lowest BCUT2D eigenvalue weighted by molar-refractivity contribution is -0.00380. The van der Waals surface area contributed by atoms with Crippen molar-refractivity contribution in [2.45, 2.75) is 0 Å². The van der Waals surface area contributed by atoms with Gasteiger partial charge in [0.25, 0.3) is 0 Å². The van der Waals surface area contributed by atoms with Gasteiger partial charge in [-0.3, -0.25) is 0 Å². The van der Waals surface area contributed by atoms with Gasteiger partial charge >= 0.3 is 0 Å². The molecule has 0 spiro atoms. The maximum atomic E-state index is 5.26. The highest BCUT2D eigenvalue weighted by atomic mass is 16.7. The Balaban J connectivity index is 0.000000595. The van der Waals surface area contributed by atoms with E-state index >= 15 is 0 Å². The smallest absolute Gasteiger partial charge is 0.146 e. The van der Waals surface area contributed by atoms with Crippen LogP contribution in [0.4, 0.5) is 0 Å². The molecule has 1 fully saturated rings. The molecule has 1 aliphatic heterocycles. The highest BCUT2D eigenvalue weighted by Crippen LogP contribution is 1.86. The normalized spacial score (nSPS) is 14.1. The van der Waals surface area contributed by atoms with Gasteiger partial charge in [0, 0.05) is 14.2 Å². The highest BCUT2D eigenvalue weighted by molar-refractivity contribution is 4.34. The first kappa shape index (κ1) is 19.7. The van der Waals surface area contributed by atoms with Crippen molar-refractivity contribution in [2.24, 2.45) is 0 Å². The van der Waals surface area contributed by atoms with Crippen molar-refractivity contribution in [1.29, 1.82) is 0 Å². The van der Waals surface area contributed by atoms with Gasteiger partial charge in [0.1, 0.15) is 6.79 Å². The third kappa shape index (κ3) is 17.7. The van der Waals surface area contributed by atoms with Crippen LogP contribution in [-0.4, -0.2) is 87.1 Å². The molecule has 0 aliphatic carbocycles. The first-order valence-electron chi connectivity index (χ1n) is 6.78. The molecule has 0 aromatic carbocycles. The summed E-state index contributed by atoms with van der Waals surface area (Å²) >= 11 is 0. The molecule has 20 heavy (non-hydrogen) atoms. The maximum Gasteiger partial charge on any atom is 0.146 e. The van der Waals surface area contributed by atoms with Crippen molar-refractivity contribution in [1.82, 2.24) is 0 Å². The molecule has 122 valence electrons. The van der Waals surface area contributed by atoms with Crippen LogP contribution in [0.5, 0.6) is 0 Å². The third-order valence-electron chi connectivity index (χ3n) is 2.15. The molecule has 7 heteroatoms. The van der Waals surface area contributed by atoms with Gasteiger partial charge in [-0.05, 0) is 0 Å². The second-order valence-electron chi connectivity index (χ2n) is 3.76. The monoisotopic (exact) mass is 296 g/mol. The van der Waals surface area contributed by atoms with Crippen LogP contribution in [0.1, 0.15) is 0 Å². The summed E-state index contributed by atoms with van der Waals surface area (Å²) in [6.07, 6.45) is 0. The lowest BCUT2D eigenvalue weighted by Gasteiger charge is -2.06. The summed E-state index contributed by atoms with van der Waals surface area (Å²) in [6.45, 7) is 6.92. The molecular formula is C13H28O7. The largest absolute Gasteiger partial charge is 0.382 e. The molecule has 0 atom stereocenters. The average molecular weight is 296 g/mol. The minimum Gasteiger partial charge on any atom is -0.382 e. The van der Waals surface area contributed by atoms with E-state index in [1.54, 1.807) is 14.2 Å². The Morgan fingerprint density at radius 2 is 0.950 bits per heavy atom. The minimum atomic E-state index is 0.500. The van der Waals surface area contributed by atoms with E-state index in [1.165, 1.54) is 0 Å². The summed E-state index contributed by atoms with van der Waals surface area (Å²) in [6, 6.07) is 0. The molecule has 7 nitrogen and oxygen atoms in total. The topological polar surface area (TPSA) is 64.6 Å². The van der Waals surface area contributed by atoms with Crippen LogP contribution >= 0.6 is 0 Å². The fraction of sp³-hybridized carbons (Fsp3) is 1.00. The molecule has 1 saturated heterocycles. The van der Waals surface area contributed by atoms with E-state index in [2.05, 4.69) is 0 Å². The van der Waals surface area contributed by atoms with Crippen molar-refractivity contribution in [3.63, 3.8) is 0 Å². The van der Waals surface area contributed by atoms with Gasteiger partial charge in [-0.1, -0.05) is 0 Å². The van der Waals surface area contributed by atoms with Gasteiger partial charge in [0.15, 0.2) is 0 Å². The Kier molecular flexibility index (Phi) is 18.5. The molecule has 0 unspecified atom stereocenters. The van der Waals surface area contributed by atoms with Gasteiger partial charge in [-0.2, -0.15) is 0 Å². The van der Waals surface area contributed by atoms with E-state index in [-0.39, 0.29) is 0 Å². The molecule has 0 N–H and O–H groups in total. The Labute approximate surface area is 121 Å². The van der Waals surface area contributed by atoms with Gasteiger partial charge in [0.05, 0.1) is 66.1 Å². The van der Waals surface area contributed by atoms with Crippen LogP contribution in [-0.2, 0) is 33.2 Å². The summed E-state index contributed by atoms with van der Waals surface area (Å²) in [5, 5.41) is 0. The fourth-order valence-corrected chi connectivity index (χ4v) is 1.12. The van der Waals surface area contributed by atoms with Crippen LogP contribution < -0.4 is 0 Å². The number of hydrogen-bond donors (Lipinski definition) is 0. The zero-order valence-electron chi connectivity index (χ0n) is 12.6. The quantitative estimate of drug-likeness (QED) is 0.481. The van der Waals surface area contributed by atoms with Crippen LogP contribution in [0.15, 0.2) is 0 Å². The molecule has 1 rings (SSSR count). The number of methoxy groups -OCH3 is 2. The Morgan fingerprint density at radius 3 is 1.20 bits per heavy atom. The molecule has 0 saturated carbocycles. The molecule has 0 amide bonds. The fourth-order valence-electron chi connectivity index (χ4n) is 1.12. The van der Waals surface area contributed by atoms with Crippen LogP contribution in [0.2, 0.25) is 0 Å². The lowest BCUT2D eigenvalue weighted by atomic mass is 10.7. The molecule has 0 bridgehead atoms. The molecule has 0 aromatic heterocycles. The second-order valence-corrected chi connectivity index (χ2v) is 3.76. The second kappa shape index (κ2) is 18.7. The van der Waals surface area contributed by atoms with Gasteiger partial charge in [-0.25, -0.2) is 0 Å². The lowest BCUT2D eigenvalue weighted by Crippen LogP contribution is -2.12. The minimum absolute atomic E-state index is 0.500. The SMILES string of the molecule is C1COCO1.COCCOCCOCCOCCOC. The number of rotatable bonds is 12. The van der Waals surface area contributed by atoms with Crippen LogP contribution in [0.3, 0.4) is 0 Å². The van der Waals surface area contributed by atoms with Crippen LogP contribution in [0.25, 0.3) is 0 Å². The number of hydrogen-bond acceptors (Lipinski definition) is 7. The zero-order chi connectivity index (χ0) is 14.7. The first-order valence-corrected chi connectivity index (χ1v) is 6.78. The van der Waals surface area contributed by atoms with E-state index in [1.807, 2.05) is 0 Å². The van der Waals surface area contributed by atoms with E-state index in [4.69, 9.17) is 33.2 Å². The molecule has 1 aliphatic rings. The highest BCUT2D eigenvalue weighted by Gasteiger charge is 1.94. The Hall–Kier alpha value is -0.280. The Bertz CT molecular complexity index is 145. The summed E-state index contributed by atoms with van der Waals surface area (Å²) in [5.41, 5.74) is 0. The average Bonchev–Trinajstić information content (AvgIpc) is 3.04. The molecule has 0 aromatic rings. The predicted molar refractivity (Wildman–Crippen MR) is 73.0 cm³/mol. The molecule has 1 heterocycles. The molecule has 0 radical (unpaired) electrons. The van der Waals surface area contributed by atoms with Crippen molar-refractivity contribution in [3.8, 4) is 0 Å². The van der Waals surface area contributed by atoms with E-state index in [0.29, 0.717) is 59.6 Å². The first-order chi connectivity index (χ1) is 9.91. The standard InChI is InChI=1S/C10H22O5.C3H6O2/c1-11-3-5-13-7-9-15-10-8-14-6-4-12-2;1-2-5-3-4-1/h3-10H2,1-2H3;1-3H2.